The Hall–Kier alpha value is -2.92. The summed E-state index contributed by atoms with van der Waals surface area (Å²) >= 11 is 0. The van der Waals surface area contributed by atoms with Gasteiger partial charge in [0.05, 0.1) is 24.4 Å². The first-order valence-electron chi connectivity index (χ1n) is 15.4. The third-order valence-electron chi connectivity index (χ3n) is 9.73. The zero-order valence-electron chi connectivity index (χ0n) is 24.3. The average Bonchev–Trinajstić information content (AvgIpc) is 3.30. The molecule has 4 aliphatic heterocycles. The minimum Gasteiger partial charge on any atom is -0.491 e. The van der Waals surface area contributed by atoms with Gasteiger partial charge in [-0.3, -0.25) is 9.69 Å². The van der Waals surface area contributed by atoms with Crippen LogP contribution < -0.4 is 9.46 Å². The highest BCUT2D eigenvalue weighted by molar-refractivity contribution is 7.87. The summed E-state index contributed by atoms with van der Waals surface area (Å²) in [5, 5.41) is 1.14. The fraction of sp³-hybridized carbons (Fsp3) is 0.531. The van der Waals surface area contributed by atoms with E-state index in [2.05, 4.69) is 39.4 Å². The fourth-order valence-electron chi connectivity index (χ4n) is 7.33. The summed E-state index contributed by atoms with van der Waals surface area (Å²) in [7, 11) is -1.84. The molecular formula is C32H40N4O5S. The van der Waals surface area contributed by atoms with Crippen molar-refractivity contribution in [3.05, 3.63) is 53.6 Å². The van der Waals surface area contributed by atoms with Gasteiger partial charge in [-0.25, -0.2) is 4.72 Å². The Morgan fingerprint density at radius 2 is 1.74 bits per heavy atom. The molecule has 224 valence electrons. The normalized spacial score (nSPS) is 27.2. The lowest BCUT2D eigenvalue weighted by molar-refractivity contribution is 0.00470. The number of likely N-dealkylation sites (N-methyl/N-ethyl adjacent to an activating group) is 1. The van der Waals surface area contributed by atoms with E-state index in [0.29, 0.717) is 57.2 Å². The molecule has 3 aromatic rings. The minimum atomic E-state index is -3.96. The maximum absolute atomic E-state index is 13.5. The molecule has 2 aromatic carbocycles. The number of rotatable bonds is 1. The molecule has 1 amide bonds. The number of hydrogen-bond acceptors (Lipinski definition) is 6. The topological polar surface area (TPSA) is 93.1 Å². The number of piperidine rings is 1. The van der Waals surface area contributed by atoms with Crippen LogP contribution in [0.5, 0.6) is 5.75 Å². The first-order valence-corrected chi connectivity index (χ1v) is 16.9. The van der Waals surface area contributed by atoms with Crippen LogP contribution in [0.3, 0.4) is 0 Å². The second-order valence-corrected chi connectivity index (χ2v) is 14.0. The van der Waals surface area contributed by atoms with Gasteiger partial charge in [0.2, 0.25) is 0 Å². The number of carbonyl (C=O) groups is 1. The Morgan fingerprint density at radius 1 is 0.952 bits per heavy atom. The summed E-state index contributed by atoms with van der Waals surface area (Å²) in [6.45, 7) is 3.17. The van der Waals surface area contributed by atoms with Crippen molar-refractivity contribution in [2.75, 3.05) is 39.9 Å². The van der Waals surface area contributed by atoms with E-state index in [4.69, 9.17) is 9.47 Å². The second kappa shape index (κ2) is 11.3. The van der Waals surface area contributed by atoms with Crippen LogP contribution in [0.4, 0.5) is 0 Å². The van der Waals surface area contributed by atoms with Gasteiger partial charge in [0.15, 0.2) is 0 Å². The van der Waals surface area contributed by atoms with E-state index in [1.807, 2.05) is 18.2 Å². The number of para-hydroxylation sites is 1. The number of amides is 1. The molecule has 1 N–H and O–H groups in total. The molecule has 0 unspecified atom stereocenters. The number of carbonyl (C=O) groups excluding carboxylic acids is 1. The number of nitrogens with zero attached hydrogens (tertiary/aromatic N) is 3. The summed E-state index contributed by atoms with van der Waals surface area (Å²) in [5.41, 5.74) is 4.87. The predicted molar refractivity (Wildman–Crippen MR) is 162 cm³/mol. The van der Waals surface area contributed by atoms with Crippen LogP contribution in [0.1, 0.15) is 66.8 Å². The highest BCUT2D eigenvalue weighted by Gasteiger charge is 2.33. The molecule has 2 fully saturated rings. The van der Waals surface area contributed by atoms with Gasteiger partial charge in [0.25, 0.3) is 5.91 Å². The average molecular weight is 593 g/mol. The SMILES string of the molecule is CN1CCOC2CCN(CC2)S(=O)(=O)NC(=O)c2ccc3c(C4CCCCC4)c4n(c3c2)C[C@@H]1COc1ccccc1-4. The van der Waals surface area contributed by atoms with Crippen molar-refractivity contribution in [2.45, 2.75) is 69.6 Å². The van der Waals surface area contributed by atoms with Crippen molar-refractivity contribution < 1.29 is 22.7 Å². The van der Waals surface area contributed by atoms with Crippen LogP contribution in [0.15, 0.2) is 42.5 Å². The molecule has 1 saturated carbocycles. The predicted octanol–water partition coefficient (Wildman–Crippen LogP) is 4.52. The van der Waals surface area contributed by atoms with E-state index in [9.17, 15) is 13.2 Å². The van der Waals surface area contributed by atoms with Gasteiger partial charge in [-0.15, -0.1) is 0 Å². The van der Waals surface area contributed by atoms with Gasteiger partial charge in [-0.05, 0) is 68.5 Å². The number of hydrogen-bond donors (Lipinski definition) is 1. The van der Waals surface area contributed by atoms with Gasteiger partial charge < -0.3 is 14.0 Å². The third kappa shape index (κ3) is 5.12. The van der Waals surface area contributed by atoms with Crippen LogP contribution >= 0.6 is 0 Å². The van der Waals surface area contributed by atoms with E-state index < -0.39 is 16.1 Å². The van der Waals surface area contributed by atoms with Crippen LogP contribution in [0, 0.1) is 0 Å². The molecule has 1 atom stereocenters. The maximum atomic E-state index is 13.5. The van der Waals surface area contributed by atoms with Crippen molar-refractivity contribution in [1.29, 1.82) is 0 Å². The highest BCUT2D eigenvalue weighted by atomic mass is 32.2. The summed E-state index contributed by atoms with van der Waals surface area (Å²) in [6, 6.07) is 14.1. The standard InChI is InChI=1S/C32H40N4O5S/c1-34-17-18-40-25-13-15-35(16-14-25)42(38,39)33-32(37)23-11-12-26-28(19-23)36-20-24(34)21-41-29-10-6-5-9-27(29)31(36)30(26)22-7-3-2-4-8-22/h5-6,9-12,19,22,24-25H,2-4,7-8,13-18,20-21H2,1H3,(H,33,37)/t24-/m1/s1. The molecule has 8 rings (SSSR count). The first-order chi connectivity index (χ1) is 20.4. The molecular weight excluding hydrogens is 552 g/mol. The lowest BCUT2D eigenvalue weighted by Gasteiger charge is -2.33. The zero-order valence-corrected chi connectivity index (χ0v) is 25.1. The number of fused-ring (bicyclic) bond motifs is 9. The van der Waals surface area contributed by atoms with E-state index in [1.165, 1.54) is 29.1 Å². The van der Waals surface area contributed by atoms with E-state index in [1.54, 1.807) is 6.07 Å². The summed E-state index contributed by atoms with van der Waals surface area (Å²) in [4.78, 5) is 15.8. The highest BCUT2D eigenvalue weighted by Crippen LogP contribution is 2.47. The maximum Gasteiger partial charge on any atom is 0.304 e. The van der Waals surface area contributed by atoms with Crippen molar-refractivity contribution in [1.82, 2.24) is 18.5 Å². The Kier molecular flexibility index (Phi) is 7.50. The molecule has 10 heteroatoms. The molecule has 6 bridgehead atoms. The molecule has 42 heavy (non-hydrogen) atoms. The van der Waals surface area contributed by atoms with Crippen LogP contribution in [-0.2, 0) is 21.5 Å². The fourth-order valence-corrected chi connectivity index (χ4v) is 8.50. The van der Waals surface area contributed by atoms with Crippen LogP contribution in [-0.4, -0.2) is 80.1 Å². The number of ether oxygens (including phenoxy) is 2. The second-order valence-electron chi connectivity index (χ2n) is 12.3. The Balaban J connectivity index is 1.42. The zero-order chi connectivity index (χ0) is 28.8. The van der Waals surface area contributed by atoms with Crippen molar-refractivity contribution >= 4 is 27.0 Å². The van der Waals surface area contributed by atoms with E-state index in [0.717, 1.165) is 47.3 Å². The minimum absolute atomic E-state index is 0.000401. The molecule has 1 aliphatic carbocycles. The summed E-state index contributed by atoms with van der Waals surface area (Å²) in [5.74, 6) is 0.683. The lowest BCUT2D eigenvalue weighted by atomic mass is 9.81. The monoisotopic (exact) mass is 592 g/mol. The molecule has 1 saturated heterocycles. The smallest absolute Gasteiger partial charge is 0.304 e. The largest absolute Gasteiger partial charge is 0.491 e. The first kappa shape index (κ1) is 27.9. The van der Waals surface area contributed by atoms with Gasteiger partial charge in [-0.2, -0.15) is 12.7 Å². The Morgan fingerprint density at radius 3 is 2.55 bits per heavy atom. The third-order valence-corrected chi connectivity index (χ3v) is 11.2. The van der Waals surface area contributed by atoms with Gasteiger partial charge >= 0.3 is 10.2 Å². The molecule has 9 nitrogen and oxygen atoms in total. The van der Waals surface area contributed by atoms with Gasteiger partial charge in [0.1, 0.15) is 12.4 Å². The Labute approximate surface area is 247 Å². The van der Waals surface area contributed by atoms with E-state index in [-0.39, 0.29) is 12.1 Å². The van der Waals surface area contributed by atoms with E-state index >= 15 is 0 Å². The van der Waals surface area contributed by atoms with Crippen LogP contribution in [0.25, 0.3) is 22.2 Å². The molecule has 5 heterocycles. The molecule has 1 aromatic heterocycles. The number of aromatic nitrogens is 1. The summed E-state index contributed by atoms with van der Waals surface area (Å²) in [6.07, 6.45) is 7.14. The number of benzene rings is 2. The Bertz CT molecular complexity index is 1590. The quantitative estimate of drug-likeness (QED) is 0.447. The van der Waals surface area contributed by atoms with Gasteiger partial charge in [0, 0.05) is 48.2 Å². The molecule has 5 aliphatic rings. The van der Waals surface area contributed by atoms with Gasteiger partial charge in [-0.1, -0.05) is 37.5 Å². The van der Waals surface area contributed by atoms with Crippen LogP contribution in [0.2, 0.25) is 0 Å². The lowest BCUT2D eigenvalue weighted by Crippen LogP contribution is -2.48. The molecule has 0 spiro atoms. The van der Waals surface area contributed by atoms with Crippen molar-refractivity contribution in [3.63, 3.8) is 0 Å². The van der Waals surface area contributed by atoms with Crippen molar-refractivity contribution in [3.8, 4) is 17.0 Å². The molecule has 0 radical (unpaired) electrons. The number of nitrogens with one attached hydrogen (secondary N) is 1. The van der Waals surface area contributed by atoms with Crippen molar-refractivity contribution in [2.24, 2.45) is 0 Å². The summed E-state index contributed by atoms with van der Waals surface area (Å²) < 4.78 is 45.2.